The lowest BCUT2D eigenvalue weighted by Gasteiger charge is -2.06. The molecule has 0 aliphatic rings. The van der Waals surface area contributed by atoms with E-state index in [-0.39, 0.29) is 11.3 Å². The van der Waals surface area contributed by atoms with Gasteiger partial charge in [-0.2, -0.15) is 0 Å². The number of rotatable bonds is 8. The van der Waals surface area contributed by atoms with Crippen LogP contribution < -0.4 is 0 Å². The van der Waals surface area contributed by atoms with Crippen molar-refractivity contribution in [1.82, 2.24) is 14.8 Å². The highest BCUT2D eigenvalue weighted by atomic mass is 32.2. The van der Waals surface area contributed by atoms with Crippen molar-refractivity contribution in [2.75, 3.05) is 12.4 Å². The summed E-state index contributed by atoms with van der Waals surface area (Å²) in [6.45, 7) is 1.90. The second-order valence-corrected chi connectivity index (χ2v) is 6.47. The van der Waals surface area contributed by atoms with Gasteiger partial charge < -0.3 is 9.15 Å². The average Bonchev–Trinajstić information content (AvgIpc) is 3.35. The molecule has 146 valence electrons. The molecule has 0 aliphatic heterocycles. The molecule has 3 aromatic rings. The van der Waals surface area contributed by atoms with Crippen LogP contribution in [0.3, 0.4) is 0 Å². The predicted octanol–water partition coefficient (Wildman–Crippen LogP) is 3.35. The summed E-state index contributed by atoms with van der Waals surface area (Å²) >= 11 is 1.10. The molecule has 0 radical (unpaired) electrons. The van der Waals surface area contributed by atoms with Crippen molar-refractivity contribution in [3.63, 3.8) is 0 Å². The third kappa shape index (κ3) is 4.45. The van der Waals surface area contributed by atoms with E-state index in [4.69, 9.17) is 9.15 Å². The Bertz CT molecular complexity index is 989. The summed E-state index contributed by atoms with van der Waals surface area (Å²) in [5.41, 5.74) is -0.0758. The molecule has 0 saturated heterocycles. The van der Waals surface area contributed by atoms with E-state index < -0.39 is 30.0 Å². The van der Waals surface area contributed by atoms with Gasteiger partial charge in [0.15, 0.2) is 40.8 Å². The molecular weight excluding hydrogens is 392 g/mol. The predicted molar refractivity (Wildman–Crippen MR) is 95.8 cm³/mol. The summed E-state index contributed by atoms with van der Waals surface area (Å²) in [6, 6.07) is 6.22. The maximum absolute atomic E-state index is 13.2. The van der Waals surface area contributed by atoms with Crippen LogP contribution in [0, 0.1) is 11.6 Å². The van der Waals surface area contributed by atoms with Crippen LogP contribution in [0.4, 0.5) is 8.78 Å². The first-order valence-electron chi connectivity index (χ1n) is 8.23. The van der Waals surface area contributed by atoms with Gasteiger partial charge in [0.05, 0.1) is 12.0 Å². The number of ether oxygens (including phenoxy) is 1. The van der Waals surface area contributed by atoms with Gasteiger partial charge in [0.1, 0.15) is 0 Å². The number of carbonyl (C=O) groups is 2. The minimum Gasteiger partial charge on any atom is -0.461 e. The van der Waals surface area contributed by atoms with E-state index in [0.29, 0.717) is 23.3 Å². The molecule has 0 spiro atoms. The van der Waals surface area contributed by atoms with Crippen LogP contribution in [0.2, 0.25) is 0 Å². The minimum atomic E-state index is -1.14. The number of thioether (sulfide) groups is 1. The number of halogens is 2. The lowest BCUT2D eigenvalue weighted by atomic mass is 10.1. The summed E-state index contributed by atoms with van der Waals surface area (Å²) in [7, 11) is 0. The van der Waals surface area contributed by atoms with Crippen LogP contribution in [0.25, 0.3) is 11.6 Å². The Hall–Kier alpha value is -3.01. The highest BCUT2D eigenvalue weighted by Gasteiger charge is 2.17. The lowest BCUT2D eigenvalue weighted by Crippen LogP contribution is -2.16. The molecule has 0 N–H and O–H groups in total. The van der Waals surface area contributed by atoms with Gasteiger partial charge in [-0.3, -0.25) is 14.2 Å². The Balaban J connectivity index is 1.54. The molecule has 0 bridgehead atoms. The van der Waals surface area contributed by atoms with Gasteiger partial charge in [-0.1, -0.05) is 11.8 Å². The number of nitrogens with zero attached hydrogens (tertiary/aromatic N) is 3. The molecule has 0 atom stereocenters. The fraction of sp³-hybridized carbons (Fsp3) is 0.222. The summed E-state index contributed by atoms with van der Waals surface area (Å²) < 4.78 is 38.1. The molecule has 3 rings (SSSR count). The smallest absolute Gasteiger partial charge is 0.316 e. The number of ketones is 1. The largest absolute Gasteiger partial charge is 0.461 e. The van der Waals surface area contributed by atoms with Gasteiger partial charge in [0.2, 0.25) is 0 Å². The second-order valence-electron chi connectivity index (χ2n) is 5.53. The highest BCUT2D eigenvalue weighted by molar-refractivity contribution is 7.99. The summed E-state index contributed by atoms with van der Waals surface area (Å²) in [4.78, 5) is 23.8. The van der Waals surface area contributed by atoms with Gasteiger partial charge in [-0.25, -0.2) is 8.78 Å². The normalized spacial score (nSPS) is 10.8. The topological polar surface area (TPSA) is 87.2 Å². The van der Waals surface area contributed by atoms with E-state index in [9.17, 15) is 18.4 Å². The van der Waals surface area contributed by atoms with Crippen LogP contribution in [-0.2, 0) is 16.1 Å². The lowest BCUT2D eigenvalue weighted by molar-refractivity contribution is -0.139. The number of Topliss-reactive ketones (excluding diaryl/α,β-unsaturated/α-hetero) is 1. The van der Waals surface area contributed by atoms with Crippen LogP contribution in [0.15, 0.2) is 46.2 Å². The van der Waals surface area contributed by atoms with Crippen LogP contribution in [-0.4, -0.2) is 38.9 Å². The summed E-state index contributed by atoms with van der Waals surface area (Å²) in [5.74, 6) is -2.47. The zero-order valence-corrected chi connectivity index (χ0v) is 15.5. The van der Waals surface area contributed by atoms with Gasteiger partial charge >= 0.3 is 5.97 Å². The van der Waals surface area contributed by atoms with Gasteiger partial charge in [-0.05, 0) is 37.3 Å². The van der Waals surface area contributed by atoms with Crippen LogP contribution >= 0.6 is 11.8 Å². The quantitative estimate of drug-likeness (QED) is 0.321. The Morgan fingerprint density at radius 2 is 2.04 bits per heavy atom. The summed E-state index contributed by atoms with van der Waals surface area (Å²) in [6.07, 6.45) is 1.53. The van der Waals surface area contributed by atoms with Crippen molar-refractivity contribution in [3.8, 4) is 11.6 Å². The Morgan fingerprint density at radius 3 is 2.71 bits per heavy atom. The molecule has 2 aromatic heterocycles. The zero-order valence-electron chi connectivity index (χ0n) is 14.7. The van der Waals surface area contributed by atoms with Crippen molar-refractivity contribution in [2.45, 2.75) is 18.6 Å². The molecule has 0 saturated carbocycles. The SMILES string of the molecule is CCn1c(SCC(=O)OCC(=O)c2ccc(F)c(F)c2)nnc1-c1ccco1. The Morgan fingerprint density at radius 1 is 1.21 bits per heavy atom. The first-order valence-corrected chi connectivity index (χ1v) is 9.22. The van der Waals surface area contributed by atoms with Crippen LogP contribution in [0.1, 0.15) is 17.3 Å². The number of hydrogen-bond acceptors (Lipinski definition) is 7. The number of aromatic nitrogens is 3. The number of hydrogen-bond donors (Lipinski definition) is 0. The van der Waals surface area contributed by atoms with Crippen LogP contribution in [0.5, 0.6) is 0 Å². The molecule has 0 fully saturated rings. The van der Waals surface area contributed by atoms with E-state index in [2.05, 4.69) is 10.2 Å². The third-order valence-corrected chi connectivity index (χ3v) is 4.64. The molecule has 0 unspecified atom stereocenters. The average molecular weight is 407 g/mol. The molecule has 0 amide bonds. The molecule has 7 nitrogen and oxygen atoms in total. The molecular formula is C18H15F2N3O4S. The molecule has 10 heteroatoms. The fourth-order valence-electron chi connectivity index (χ4n) is 2.33. The third-order valence-electron chi connectivity index (χ3n) is 3.70. The summed E-state index contributed by atoms with van der Waals surface area (Å²) in [5, 5.41) is 8.60. The van der Waals surface area contributed by atoms with E-state index in [1.54, 1.807) is 16.7 Å². The van der Waals surface area contributed by atoms with Crippen molar-refractivity contribution in [1.29, 1.82) is 0 Å². The van der Waals surface area contributed by atoms with Gasteiger partial charge in [0.25, 0.3) is 0 Å². The molecule has 1 aromatic carbocycles. The minimum absolute atomic E-state index is 0.0758. The number of benzene rings is 1. The van der Waals surface area contributed by atoms with Crippen molar-refractivity contribution < 1.29 is 27.5 Å². The van der Waals surface area contributed by atoms with E-state index in [1.807, 2.05) is 6.92 Å². The monoisotopic (exact) mass is 407 g/mol. The number of carbonyl (C=O) groups excluding carboxylic acids is 2. The van der Waals surface area contributed by atoms with Crippen molar-refractivity contribution in [3.05, 3.63) is 53.8 Å². The van der Waals surface area contributed by atoms with Crippen molar-refractivity contribution >= 4 is 23.5 Å². The number of esters is 1. The number of furan rings is 1. The van der Waals surface area contributed by atoms with E-state index in [0.717, 1.165) is 30.0 Å². The standard InChI is InChI=1S/C18H15F2N3O4S/c1-2-23-17(15-4-3-7-26-15)21-22-18(23)28-10-16(25)27-9-14(24)11-5-6-12(19)13(20)8-11/h3-8H,2,9-10H2,1H3. The first-order chi connectivity index (χ1) is 13.5. The van der Waals surface area contributed by atoms with E-state index in [1.165, 1.54) is 6.26 Å². The highest BCUT2D eigenvalue weighted by Crippen LogP contribution is 2.24. The molecule has 0 aliphatic carbocycles. The Labute approximate surface area is 162 Å². The maximum Gasteiger partial charge on any atom is 0.316 e. The van der Waals surface area contributed by atoms with Gasteiger partial charge in [-0.15, -0.1) is 10.2 Å². The zero-order chi connectivity index (χ0) is 20.1. The molecule has 2 heterocycles. The van der Waals surface area contributed by atoms with Crippen molar-refractivity contribution in [2.24, 2.45) is 0 Å². The second kappa shape index (κ2) is 8.79. The van der Waals surface area contributed by atoms with Gasteiger partial charge in [0, 0.05) is 12.1 Å². The first kappa shape index (κ1) is 19.7. The van der Waals surface area contributed by atoms with E-state index >= 15 is 0 Å². The Kier molecular flexibility index (Phi) is 6.19. The fourth-order valence-corrected chi connectivity index (χ4v) is 3.13. The maximum atomic E-state index is 13.2. The molecule has 28 heavy (non-hydrogen) atoms.